The highest BCUT2D eigenvalue weighted by Crippen LogP contribution is 2.33. The molecule has 3 aromatic rings. The zero-order valence-corrected chi connectivity index (χ0v) is 16.3. The predicted molar refractivity (Wildman–Crippen MR) is 99.5 cm³/mol. The van der Waals surface area contributed by atoms with Crippen molar-refractivity contribution in [3.05, 3.63) is 63.5 Å². The Kier molecular flexibility index (Phi) is 5.54. The minimum atomic E-state index is -4.57. The third-order valence-corrected chi connectivity index (χ3v) is 4.92. The highest BCUT2D eigenvalue weighted by Gasteiger charge is 2.35. The summed E-state index contributed by atoms with van der Waals surface area (Å²) in [6.07, 6.45) is -3.13. The molecule has 0 bridgehead atoms. The first-order valence-corrected chi connectivity index (χ1v) is 9.02. The molecule has 10 heteroatoms. The van der Waals surface area contributed by atoms with Gasteiger partial charge in [0.1, 0.15) is 5.56 Å². The van der Waals surface area contributed by atoms with Crippen LogP contribution in [0.15, 0.2) is 36.5 Å². The average Bonchev–Trinajstić information content (AvgIpc) is 3.04. The van der Waals surface area contributed by atoms with Gasteiger partial charge in [-0.15, -0.1) is 10.2 Å². The molecule has 5 nitrogen and oxygen atoms in total. The molecule has 3 rings (SSSR count). The molecule has 0 aliphatic carbocycles. The van der Waals surface area contributed by atoms with Crippen molar-refractivity contribution in [1.82, 2.24) is 19.9 Å². The van der Waals surface area contributed by atoms with Crippen molar-refractivity contribution in [2.24, 2.45) is 5.92 Å². The van der Waals surface area contributed by atoms with Crippen LogP contribution in [0.2, 0.25) is 10.0 Å². The zero-order chi connectivity index (χ0) is 20.6. The van der Waals surface area contributed by atoms with Crippen LogP contribution in [0.25, 0.3) is 5.65 Å². The number of nitrogens with one attached hydrogen (secondary N) is 1. The molecule has 28 heavy (non-hydrogen) atoms. The molecule has 0 radical (unpaired) electrons. The molecule has 0 spiro atoms. The van der Waals surface area contributed by atoms with Crippen LogP contribution >= 0.6 is 23.2 Å². The number of halogens is 5. The van der Waals surface area contributed by atoms with Crippen LogP contribution in [-0.4, -0.2) is 20.5 Å². The Morgan fingerprint density at radius 2 is 1.86 bits per heavy atom. The summed E-state index contributed by atoms with van der Waals surface area (Å²) < 4.78 is 40.9. The average molecular weight is 431 g/mol. The van der Waals surface area contributed by atoms with E-state index in [0.717, 1.165) is 6.07 Å². The summed E-state index contributed by atoms with van der Waals surface area (Å²) in [6.45, 7) is 3.63. The Hall–Kier alpha value is -2.32. The number of hydrogen-bond donors (Lipinski definition) is 1. The molecular weight excluding hydrogens is 416 g/mol. The standard InChI is InChI=1S/C18H15Cl2F3N4O/c1-9(2)14(24-17(28)10-5-6-12(19)13(20)8-10)16-26-25-15-11(18(21,22)23)4-3-7-27(15)16/h3-9,14H,1-2H3,(H,24,28)/t14-/m0/s1. The smallest absolute Gasteiger partial charge is 0.342 e. The van der Waals surface area contributed by atoms with Gasteiger partial charge in [0.2, 0.25) is 0 Å². The van der Waals surface area contributed by atoms with E-state index in [-0.39, 0.29) is 28.0 Å². The number of rotatable bonds is 4. The minimum absolute atomic E-state index is 0.173. The van der Waals surface area contributed by atoms with Crippen molar-refractivity contribution in [2.45, 2.75) is 26.1 Å². The first kappa shape index (κ1) is 20.4. The molecule has 0 saturated heterocycles. The maximum Gasteiger partial charge on any atom is 0.420 e. The van der Waals surface area contributed by atoms with Crippen LogP contribution in [0.4, 0.5) is 13.2 Å². The molecule has 1 amide bonds. The normalized spacial score (nSPS) is 13.1. The van der Waals surface area contributed by atoms with Crippen molar-refractivity contribution in [2.75, 3.05) is 0 Å². The summed E-state index contributed by atoms with van der Waals surface area (Å²) in [5.74, 6) is -0.431. The molecule has 0 unspecified atom stereocenters. The van der Waals surface area contributed by atoms with Crippen LogP contribution in [0.1, 0.15) is 41.6 Å². The first-order chi connectivity index (χ1) is 13.1. The Morgan fingerprint density at radius 1 is 1.14 bits per heavy atom. The highest BCUT2D eigenvalue weighted by molar-refractivity contribution is 6.42. The summed E-state index contributed by atoms with van der Waals surface area (Å²) in [7, 11) is 0. The highest BCUT2D eigenvalue weighted by atomic mass is 35.5. The largest absolute Gasteiger partial charge is 0.420 e. The summed E-state index contributed by atoms with van der Waals surface area (Å²) in [5, 5.41) is 10.9. The fourth-order valence-electron chi connectivity index (χ4n) is 2.76. The Bertz CT molecular complexity index is 1030. The number of benzene rings is 1. The molecule has 0 saturated carbocycles. The third-order valence-electron chi connectivity index (χ3n) is 4.18. The van der Waals surface area contributed by atoms with Crippen LogP contribution in [0.5, 0.6) is 0 Å². The van der Waals surface area contributed by atoms with Crippen LogP contribution in [-0.2, 0) is 6.18 Å². The number of alkyl halides is 3. The summed E-state index contributed by atoms with van der Waals surface area (Å²) in [4.78, 5) is 12.6. The monoisotopic (exact) mass is 430 g/mol. The molecule has 2 aromatic heterocycles. The second-order valence-corrected chi connectivity index (χ2v) is 7.31. The SMILES string of the molecule is CC(C)[C@H](NC(=O)c1ccc(Cl)c(Cl)c1)c1nnc2c(C(F)(F)F)cccn12. The van der Waals surface area contributed by atoms with Gasteiger partial charge < -0.3 is 5.32 Å². The quantitative estimate of drug-likeness (QED) is 0.619. The number of nitrogens with zero attached hydrogens (tertiary/aromatic N) is 3. The van der Waals surface area contributed by atoms with Crippen molar-refractivity contribution < 1.29 is 18.0 Å². The van der Waals surface area contributed by atoms with Crippen LogP contribution in [0.3, 0.4) is 0 Å². The lowest BCUT2D eigenvalue weighted by atomic mass is 10.0. The van der Waals surface area contributed by atoms with Gasteiger partial charge in [0.05, 0.1) is 16.1 Å². The van der Waals surface area contributed by atoms with Gasteiger partial charge in [0, 0.05) is 11.8 Å². The van der Waals surface area contributed by atoms with Crippen molar-refractivity contribution in [3.63, 3.8) is 0 Å². The lowest BCUT2D eigenvalue weighted by molar-refractivity contribution is -0.136. The van der Waals surface area contributed by atoms with E-state index in [1.807, 2.05) is 13.8 Å². The summed E-state index contributed by atoms with van der Waals surface area (Å²) in [5.41, 5.74) is -0.948. The Labute approximate surface area is 168 Å². The summed E-state index contributed by atoms with van der Waals surface area (Å²) >= 11 is 11.8. The number of fused-ring (bicyclic) bond motifs is 1. The zero-order valence-electron chi connectivity index (χ0n) is 14.8. The van der Waals surface area contributed by atoms with Gasteiger partial charge in [-0.3, -0.25) is 9.20 Å². The second kappa shape index (κ2) is 7.60. The molecule has 1 atom stereocenters. The van der Waals surface area contributed by atoms with Crippen LogP contribution < -0.4 is 5.32 Å². The van der Waals surface area contributed by atoms with Crippen molar-refractivity contribution in [1.29, 1.82) is 0 Å². The van der Waals surface area contributed by atoms with E-state index < -0.39 is 23.7 Å². The van der Waals surface area contributed by atoms with Gasteiger partial charge in [-0.2, -0.15) is 13.2 Å². The van der Waals surface area contributed by atoms with E-state index in [2.05, 4.69) is 15.5 Å². The molecule has 0 fully saturated rings. The third kappa shape index (κ3) is 3.93. The molecule has 2 heterocycles. The van der Waals surface area contributed by atoms with Crippen LogP contribution in [0, 0.1) is 5.92 Å². The Morgan fingerprint density at radius 3 is 2.46 bits per heavy atom. The number of carbonyl (C=O) groups is 1. The van der Waals surface area contributed by atoms with Crippen molar-refractivity contribution in [3.8, 4) is 0 Å². The van der Waals surface area contributed by atoms with Gasteiger partial charge in [0.25, 0.3) is 5.91 Å². The van der Waals surface area contributed by atoms with Crippen molar-refractivity contribution >= 4 is 34.8 Å². The fourth-order valence-corrected chi connectivity index (χ4v) is 3.06. The molecule has 148 valence electrons. The first-order valence-electron chi connectivity index (χ1n) is 8.26. The minimum Gasteiger partial charge on any atom is -0.342 e. The van der Waals surface area contributed by atoms with E-state index in [0.29, 0.717) is 5.02 Å². The van der Waals surface area contributed by atoms with Gasteiger partial charge in [-0.1, -0.05) is 37.0 Å². The summed E-state index contributed by atoms with van der Waals surface area (Å²) in [6, 6.07) is 5.93. The maximum absolute atomic E-state index is 13.2. The molecule has 1 aromatic carbocycles. The van der Waals surface area contributed by atoms with E-state index in [4.69, 9.17) is 23.2 Å². The molecule has 0 aliphatic heterocycles. The van der Waals surface area contributed by atoms with E-state index in [1.54, 1.807) is 0 Å². The fraction of sp³-hybridized carbons (Fsp3) is 0.278. The number of carbonyl (C=O) groups excluding carboxylic acids is 1. The topological polar surface area (TPSA) is 59.3 Å². The van der Waals surface area contributed by atoms with E-state index >= 15 is 0 Å². The molecule has 0 aliphatic rings. The van der Waals surface area contributed by atoms with Gasteiger partial charge >= 0.3 is 6.18 Å². The van der Waals surface area contributed by atoms with Gasteiger partial charge in [-0.05, 0) is 36.2 Å². The predicted octanol–water partition coefficient (Wildman–Crippen LogP) is 5.18. The number of hydrogen-bond acceptors (Lipinski definition) is 3. The van der Waals surface area contributed by atoms with Gasteiger partial charge in [0.15, 0.2) is 11.5 Å². The molecular formula is C18H15Cl2F3N4O. The second-order valence-electron chi connectivity index (χ2n) is 6.50. The number of pyridine rings is 1. The number of aromatic nitrogens is 3. The lowest BCUT2D eigenvalue weighted by Crippen LogP contribution is -2.33. The van der Waals surface area contributed by atoms with E-state index in [9.17, 15) is 18.0 Å². The number of amides is 1. The Balaban J connectivity index is 1.99. The molecule has 1 N–H and O–H groups in total. The van der Waals surface area contributed by atoms with E-state index in [1.165, 1.54) is 34.9 Å². The van der Waals surface area contributed by atoms with Gasteiger partial charge in [-0.25, -0.2) is 0 Å². The maximum atomic E-state index is 13.2. The lowest BCUT2D eigenvalue weighted by Gasteiger charge is -2.21.